The minimum atomic E-state index is -0.407. The van der Waals surface area contributed by atoms with E-state index in [1.807, 2.05) is 37.4 Å². The second-order valence-corrected chi connectivity index (χ2v) is 6.56. The highest BCUT2D eigenvalue weighted by atomic mass is 32.2. The number of thioether (sulfide) groups is 1. The molecule has 1 amide bonds. The van der Waals surface area contributed by atoms with Crippen molar-refractivity contribution in [2.75, 3.05) is 31.1 Å². The lowest BCUT2D eigenvalue weighted by Crippen LogP contribution is -2.54. The van der Waals surface area contributed by atoms with E-state index in [-0.39, 0.29) is 6.09 Å². The predicted molar refractivity (Wildman–Crippen MR) is 72.6 cm³/mol. The molecular weight excluding hydrogens is 236 g/mol. The zero-order valence-electron chi connectivity index (χ0n) is 11.3. The average Bonchev–Trinajstić information content (AvgIpc) is 2.24. The SMILES string of the molecule is CCSCC1CN(C(=O)OC(C)(C)C)CCN1. The van der Waals surface area contributed by atoms with Gasteiger partial charge in [-0.05, 0) is 26.5 Å². The number of carbonyl (C=O) groups excluding carboxylic acids is 1. The van der Waals surface area contributed by atoms with Gasteiger partial charge < -0.3 is 15.0 Å². The van der Waals surface area contributed by atoms with Crippen LogP contribution >= 0.6 is 11.8 Å². The molecule has 0 saturated carbocycles. The first-order chi connectivity index (χ1) is 7.92. The molecule has 1 rings (SSSR count). The van der Waals surface area contributed by atoms with Crippen LogP contribution in [-0.2, 0) is 4.74 Å². The Morgan fingerprint density at radius 2 is 2.24 bits per heavy atom. The molecule has 0 aromatic rings. The maximum atomic E-state index is 11.9. The number of rotatable bonds is 3. The van der Waals surface area contributed by atoms with Crippen LogP contribution in [0.1, 0.15) is 27.7 Å². The number of carbonyl (C=O) groups is 1. The fourth-order valence-electron chi connectivity index (χ4n) is 1.69. The third kappa shape index (κ3) is 5.64. The minimum Gasteiger partial charge on any atom is -0.444 e. The lowest BCUT2D eigenvalue weighted by molar-refractivity contribution is 0.0203. The van der Waals surface area contributed by atoms with Crippen molar-refractivity contribution in [3.8, 4) is 0 Å². The highest BCUT2D eigenvalue weighted by Gasteiger charge is 2.26. The van der Waals surface area contributed by atoms with Crippen LogP contribution in [-0.4, -0.2) is 53.8 Å². The molecular formula is C12H24N2O2S. The Kier molecular flexibility index (Phi) is 5.59. The van der Waals surface area contributed by atoms with E-state index in [1.165, 1.54) is 0 Å². The Bertz CT molecular complexity index is 253. The van der Waals surface area contributed by atoms with Gasteiger partial charge in [-0.15, -0.1) is 0 Å². The lowest BCUT2D eigenvalue weighted by Gasteiger charge is -2.34. The molecule has 0 aromatic heterocycles. The van der Waals surface area contributed by atoms with Crippen LogP contribution in [0.4, 0.5) is 4.79 Å². The van der Waals surface area contributed by atoms with Gasteiger partial charge >= 0.3 is 6.09 Å². The highest BCUT2D eigenvalue weighted by Crippen LogP contribution is 2.12. The molecule has 1 unspecified atom stereocenters. The van der Waals surface area contributed by atoms with Gasteiger partial charge in [0.15, 0.2) is 0 Å². The summed E-state index contributed by atoms with van der Waals surface area (Å²) in [6.45, 7) is 10.2. The molecule has 0 spiro atoms. The van der Waals surface area contributed by atoms with Gasteiger partial charge in [0.2, 0.25) is 0 Å². The van der Waals surface area contributed by atoms with E-state index in [9.17, 15) is 4.79 Å². The largest absolute Gasteiger partial charge is 0.444 e. The van der Waals surface area contributed by atoms with Crippen LogP contribution in [0.5, 0.6) is 0 Å². The van der Waals surface area contributed by atoms with Crippen molar-refractivity contribution >= 4 is 17.9 Å². The number of piperazine rings is 1. The van der Waals surface area contributed by atoms with E-state index in [0.717, 1.165) is 31.1 Å². The van der Waals surface area contributed by atoms with Crippen molar-refractivity contribution in [2.24, 2.45) is 0 Å². The second-order valence-electron chi connectivity index (χ2n) is 5.24. The maximum absolute atomic E-state index is 11.9. The highest BCUT2D eigenvalue weighted by molar-refractivity contribution is 7.99. The van der Waals surface area contributed by atoms with Crippen molar-refractivity contribution in [2.45, 2.75) is 39.3 Å². The molecule has 0 bridgehead atoms. The summed E-state index contributed by atoms with van der Waals surface area (Å²) in [4.78, 5) is 13.7. The number of hydrogen-bond acceptors (Lipinski definition) is 4. The molecule has 0 radical (unpaired) electrons. The third-order valence-corrected chi connectivity index (χ3v) is 3.48. The summed E-state index contributed by atoms with van der Waals surface area (Å²) < 4.78 is 5.38. The van der Waals surface area contributed by atoms with Crippen LogP contribution in [0.2, 0.25) is 0 Å². The zero-order valence-corrected chi connectivity index (χ0v) is 12.1. The van der Waals surface area contributed by atoms with Gasteiger partial charge in [0.1, 0.15) is 5.60 Å². The van der Waals surface area contributed by atoms with Crippen molar-refractivity contribution in [1.29, 1.82) is 0 Å². The molecule has 1 atom stereocenters. The van der Waals surface area contributed by atoms with Gasteiger partial charge in [-0.25, -0.2) is 4.79 Å². The topological polar surface area (TPSA) is 41.6 Å². The van der Waals surface area contributed by atoms with Crippen LogP contribution in [0, 0.1) is 0 Å². The van der Waals surface area contributed by atoms with Crippen molar-refractivity contribution in [1.82, 2.24) is 10.2 Å². The zero-order chi connectivity index (χ0) is 12.9. The second kappa shape index (κ2) is 6.50. The fraction of sp³-hybridized carbons (Fsp3) is 0.917. The molecule has 1 aliphatic heterocycles. The Morgan fingerprint density at radius 3 is 2.82 bits per heavy atom. The Labute approximate surface area is 108 Å². The maximum Gasteiger partial charge on any atom is 0.410 e. The Balaban J connectivity index is 2.40. The summed E-state index contributed by atoms with van der Waals surface area (Å²) >= 11 is 1.90. The van der Waals surface area contributed by atoms with E-state index < -0.39 is 5.60 Å². The van der Waals surface area contributed by atoms with E-state index in [4.69, 9.17) is 4.74 Å². The van der Waals surface area contributed by atoms with Crippen LogP contribution in [0.3, 0.4) is 0 Å². The van der Waals surface area contributed by atoms with Gasteiger partial charge in [0.25, 0.3) is 0 Å². The van der Waals surface area contributed by atoms with Crippen LogP contribution in [0.25, 0.3) is 0 Å². The summed E-state index contributed by atoms with van der Waals surface area (Å²) in [6.07, 6.45) is -0.189. The summed E-state index contributed by atoms with van der Waals surface area (Å²) in [5.41, 5.74) is -0.407. The average molecular weight is 260 g/mol. The first-order valence-electron chi connectivity index (χ1n) is 6.21. The standard InChI is InChI=1S/C12H24N2O2S/c1-5-17-9-10-8-14(7-6-13-10)11(15)16-12(2,3)4/h10,13H,5-9H2,1-4H3. The predicted octanol–water partition coefficient (Wildman–Crippen LogP) is 1.95. The van der Waals surface area contributed by atoms with Gasteiger partial charge in [-0.3, -0.25) is 0 Å². The number of ether oxygens (including phenoxy) is 1. The number of amides is 1. The molecule has 0 aromatic carbocycles. The summed E-state index contributed by atoms with van der Waals surface area (Å²) in [7, 11) is 0. The number of nitrogens with zero attached hydrogens (tertiary/aromatic N) is 1. The van der Waals surface area contributed by atoms with Crippen molar-refractivity contribution in [3.63, 3.8) is 0 Å². The number of hydrogen-bond donors (Lipinski definition) is 1. The third-order valence-electron chi connectivity index (χ3n) is 2.43. The first kappa shape index (κ1) is 14.6. The molecule has 1 heterocycles. The first-order valence-corrected chi connectivity index (χ1v) is 7.37. The molecule has 17 heavy (non-hydrogen) atoms. The molecule has 1 aliphatic rings. The summed E-state index contributed by atoms with van der Waals surface area (Å²) in [6, 6.07) is 0.390. The van der Waals surface area contributed by atoms with Gasteiger partial charge in [0, 0.05) is 31.4 Å². The van der Waals surface area contributed by atoms with Crippen molar-refractivity contribution < 1.29 is 9.53 Å². The van der Waals surface area contributed by atoms with E-state index >= 15 is 0 Å². The normalized spacial score (nSPS) is 21.4. The summed E-state index contributed by atoms with van der Waals surface area (Å²) in [5.74, 6) is 2.17. The van der Waals surface area contributed by atoms with Crippen LogP contribution in [0.15, 0.2) is 0 Å². The van der Waals surface area contributed by atoms with Crippen LogP contribution < -0.4 is 5.32 Å². The molecule has 1 fully saturated rings. The Hall–Kier alpha value is -0.420. The molecule has 4 nitrogen and oxygen atoms in total. The summed E-state index contributed by atoms with van der Waals surface area (Å²) in [5, 5.41) is 3.43. The van der Waals surface area contributed by atoms with Crippen molar-refractivity contribution in [3.05, 3.63) is 0 Å². The fourth-order valence-corrected chi connectivity index (χ4v) is 2.43. The van der Waals surface area contributed by atoms with E-state index in [1.54, 1.807) is 0 Å². The molecule has 1 saturated heterocycles. The van der Waals surface area contributed by atoms with Gasteiger partial charge in [0.05, 0.1) is 0 Å². The molecule has 0 aliphatic carbocycles. The lowest BCUT2D eigenvalue weighted by atomic mass is 10.2. The monoisotopic (exact) mass is 260 g/mol. The quantitative estimate of drug-likeness (QED) is 0.842. The van der Waals surface area contributed by atoms with Gasteiger partial charge in [-0.2, -0.15) is 11.8 Å². The molecule has 100 valence electrons. The minimum absolute atomic E-state index is 0.189. The van der Waals surface area contributed by atoms with E-state index in [2.05, 4.69) is 12.2 Å². The smallest absolute Gasteiger partial charge is 0.410 e. The molecule has 5 heteroatoms. The molecule has 1 N–H and O–H groups in total. The Morgan fingerprint density at radius 1 is 1.53 bits per heavy atom. The van der Waals surface area contributed by atoms with E-state index in [0.29, 0.717) is 6.04 Å². The number of nitrogens with one attached hydrogen (secondary N) is 1. The van der Waals surface area contributed by atoms with Gasteiger partial charge in [-0.1, -0.05) is 6.92 Å².